The fourth-order valence-corrected chi connectivity index (χ4v) is 1.37. The van der Waals surface area contributed by atoms with Crippen molar-refractivity contribution in [1.82, 2.24) is 4.90 Å². The Kier molecular flexibility index (Phi) is 8.14. The second kappa shape index (κ2) is 8.21. The van der Waals surface area contributed by atoms with Crippen LogP contribution in [0.1, 0.15) is 33.6 Å². The summed E-state index contributed by atoms with van der Waals surface area (Å²) in [5.74, 6) is 0. The van der Waals surface area contributed by atoms with Crippen molar-refractivity contribution >= 4 is 0 Å². The van der Waals surface area contributed by atoms with Crippen LogP contribution in [-0.4, -0.2) is 49.0 Å². The lowest BCUT2D eigenvalue weighted by Crippen LogP contribution is -2.38. The number of rotatable bonds is 8. The van der Waals surface area contributed by atoms with Crippen LogP contribution in [0.4, 0.5) is 0 Å². The first-order valence-electron chi connectivity index (χ1n) is 5.52. The minimum Gasteiger partial charge on any atom is -0.392 e. The van der Waals surface area contributed by atoms with Crippen LogP contribution in [0.25, 0.3) is 0 Å². The predicted molar refractivity (Wildman–Crippen MR) is 59.5 cm³/mol. The fraction of sp³-hybridized carbons (Fsp3) is 1.00. The van der Waals surface area contributed by atoms with Crippen molar-refractivity contribution in [3.63, 3.8) is 0 Å². The molecule has 0 aliphatic rings. The van der Waals surface area contributed by atoms with Crippen molar-refractivity contribution in [1.29, 1.82) is 0 Å². The lowest BCUT2D eigenvalue weighted by atomic mass is 10.2. The van der Waals surface area contributed by atoms with E-state index in [1.54, 1.807) is 7.11 Å². The Morgan fingerprint density at radius 2 is 2.00 bits per heavy atom. The van der Waals surface area contributed by atoms with Gasteiger partial charge in [-0.3, -0.25) is 4.90 Å². The molecular formula is C11H25NO2. The van der Waals surface area contributed by atoms with Crippen molar-refractivity contribution in [2.45, 2.75) is 45.8 Å². The summed E-state index contributed by atoms with van der Waals surface area (Å²) in [6.07, 6.45) is 1.67. The highest BCUT2D eigenvalue weighted by molar-refractivity contribution is 4.67. The molecule has 0 fully saturated rings. The molecule has 0 saturated carbocycles. The van der Waals surface area contributed by atoms with Crippen LogP contribution < -0.4 is 0 Å². The van der Waals surface area contributed by atoms with E-state index in [-0.39, 0.29) is 6.10 Å². The van der Waals surface area contributed by atoms with Gasteiger partial charge in [0.2, 0.25) is 0 Å². The van der Waals surface area contributed by atoms with Gasteiger partial charge in [0.15, 0.2) is 0 Å². The number of nitrogens with zero attached hydrogens (tertiary/aromatic N) is 1. The Bertz CT molecular complexity index is 128. The minimum absolute atomic E-state index is 0.194. The number of methoxy groups -OCH3 is 1. The maximum Gasteiger partial charge on any atom is 0.0664 e. The van der Waals surface area contributed by atoms with E-state index in [0.29, 0.717) is 6.04 Å². The summed E-state index contributed by atoms with van der Waals surface area (Å²) in [6.45, 7) is 8.91. The molecule has 0 heterocycles. The Morgan fingerprint density at radius 3 is 2.43 bits per heavy atom. The molecule has 0 radical (unpaired) electrons. The summed E-state index contributed by atoms with van der Waals surface area (Å²) < 4.78 is 5.01. The van der Waals surface area contributed by atoms with Gasteiger partial charge in [-0.2, -0.15) is 0 Å². The van der Waals surface area contributed by atoms with Crippen molar-refractivity contribution in [2.24, 2.45) is 0 Å². The second-order valence-corrected chi connectivity index (χ2v) is 4.00. The van der Waals surface area contributed by atoms with E-state index >= 15 is 0 Å². The molecule has 1 atom stereocenters. The number of hydrogen-bond acceptors (Lipinski definition) is 3. The molecule has 3 heteroatoms. The molecular weight excluding hydrogens is 178 g/mol. The molecule has 14 heavy (non-hydrogen) atoms. The first-order chi connectivity index (χ1) is 6.61. The number of ether oxygens (including phenoxy) is 1. The molecule has 1 N–H and O–H groups in total. The van der Waals surface area contributed by atoms with Crippen LogP contribution in [0.5, 0.6) is 0 Å². The zero-order valence-electron chi connectivity index (χ0n) is 9.99. The van der Waals surface area contributed by atoms with Crippen LogP contribution in [0.15, 0.2) is 0 Å². The fourth-order valence-electron chi connectivity index (χ4n) is 1.37. The van der Waals surface area contributed by atoms with Crippen molar-refractivity contribution in [3.8, 4) is 0 Å². The SMILES string of the molecule is CCC(O)CN(CCCOC)C(C)C. The third-order valence-corrected chi connectivity index (χ3v) is 2.44. The summed E-state index contributed by atoms with van der Waals surface area (Å²) in [5.41, 5.74) is 0. The molecule has 0 rings (SSSR count). The molecule has 0 amide bonds. The molecule has 0 aromatic heterocycles. The predicted octanol–water partition coefficient (Wildman–Crippen LogP) is 1.50. The van der Waals surface area contributed by atoms with E-state index in [1.807, 2.05) is 6.92 Å². The van der Waals surface area contributed by atoms with Crippen LogP contribution in [0.2, 0.25) is 0 Å². The lowest BCUT2D eigenvalue weighted by molar-refractivity contribution is 0.0844. The smallest absolute Gasteiger partial charge is 0.0664 e. The van der Waals surface area contributed by atoms with E-state index in [9.17, 15) is 5.11 Å². The van der Waals surface area contributed by atoms with Gasteiger partial charge < -0.3 is 9.84 Å². The van der Waals surface area contributed by atoms with Gasteiger partial charge in [-0.05, 0) is 26.7 Å². The third-order valence-electron chi connectivity index (χ3n) is 2.44. The van der Waals surface area contributed by atoms with E-state index in [2.05, 4.69) is 18.7 Å². The van der Waals surface area contributed by atoms with Gasteiger partial charge in [0.25, 0.3) is 0 Å². The Hall–Kier alpha value is -0.120. The van der Waals surface area contributed by atoms with E-state index in [0.717, 1.165) is 32.5 Å². The summed E-state index contributed by atoms with van der Waals surface area (Å²) in [5, 5.41) is 9.56. The van der Waals surface area contributed by atoms with Crippen molar-refractivity contribution in [2.75, 3.05) is 26.8 Å². The van der Waals surface area contributed by atoms with E-state index in [1.165, 1.54) is 0 Å². The average Bonchev–Trinajstić information content (AvgIpc) is 2.16. The molecule has 0 bridgehead atoms. The van der Waals surface area contributed by atoms with Crippen LogP contribution in [0.3, 0.4) is 0 Å². The molecule has 0 aliphatic carbocycles. The monoisotopic (exact) mass is 203 g/mol. The zero-order chi connectivity index (χ0) is 11.0. The maximum absolute atomic E-state index is 9.56. The van der Waals surface area contributed by atoms with Gasteiger partial charge in [-0.25, -0.2) is 0 Å². The Balaban J connectivity index is 3.77. The zero-order valence-corrected chi connectivity index (χ0v) is 9.99. The van der Waals surface area contributed by atoms with Gasteiger partial charge in [0.1, 0.15) is 0 Å². The molecule has 0 aliphatic heterocycles. The number of aliphatic hydroxyl groups excluding tert-OH is 1. The van der Waals surface area contributed by atoms with Gasteiger partial charge in [0, 0.05) is 32.8 Å². The second-order valence-electron chi connectivity index (χ2n) is 4.00. The summed E-state index contributed by atoms with van der Waals surface area (Å²) in [4.78, 5) is 2.30. The normalized spacial score (nSPS) is 13.9. The van der Waals surface area contributed by atoms with E-state index in [4.69, 9.17) is 4.74 Å². The van der Waals surface area contributed by atoms with E-state index < -0.39 is 0 Å². The summed E-state index contributed by atoms with van der Waals surface area (Å²) in [6, 6.07) is 0.494. The third kappa shape index (κ3) is 6.35. The first kappa shape index (κ1) is 13.9. The topological polar surface area (TPSA) is 32.7 Å². The quantitative estimate of drug-likeness (QED) is 0.607. The van der Waals surface area contributed by atoms with Gasteiger partial charge in [0.05, 0.1) is 6.10 Å². The van der Waals surface area contributed by atoms with Crippen LogP contribution in [0, 0.1) is 0 Å². The highest BCUT2D eigenvalue weighted by Gasteiger charge is 2.12. The molecule has 1 unspecified atom stereocenters. The molecule has 3 nitrogen and oxygen atoms in total. The van der Waals surface area contributed by atoms with Crippen molar-refractivity contribution < 1.29 is 9.84 Å². The van der Waals surface area contributed by atoms with Crippen LogP contribution in [-0.2, 0) is 4.74 Å². The molecule has 0 spiro atoms. The number of hydrogen-bond donors (Lipinski definition) is 1. The maximum atomic E-state index is 9.56. The highest BCUT2D eigenvalue weighted by Crippen LogP contribution is 2.03. The van der Waals surface area contributed by atoms with Crippen LogP contribution >= 0.6 is 0 Å². The molecule has 86 valence electrons. The average molecular weight is 203 g/mol. The molecule has 0 aromatic carbocycles. The summed E-state index contributed by atoms with van der Waals surface area (Å²) >= 11 is 0. The minimum atomic E-state index is -0.194. The van der Waals surface area contributed by atoms with Crippen molar-refractivity contribution in [3.05, 3.63) is 0 Å². The molecule has 0 aromatic rings. The largest absolute Gasteiger partial charge is 0.392 e. The molecule has 0 saturated heterocycles. The Morgan fingerprint density at radius 1 is 1.36 bits per heavy atom. The highest BCUT2D eigenvalue weighted by atomic mass is 16.5. The standard InChI is InChI=1S/C11H25NO2/c1-5-11(13)9-12(10(2)3)7-6-8-14-4/h10-11,13H,5-9H2,1-4H3. The Labute approximate surface area is 88.1 Å². The van der Waals surface area contributed by atoms with Gasteiger partial charge in [-0.1, -0.05) is 6.92 Å². The van der Waals surface area contributed by atoms with Gasteiger partial charge >= 0.3 is 0 Å². The number of aliphatic hydroxyl groups is 1. The lowest BCUT2D eigenvalue weighted by Gasteiger charge is -2.28. The van der Waals surface area contributed by atoms with Gasteiger partial charge in [-0.15, -0.1) is 0 Å². The first-order valence-corrected chi connectivity index (χ1v) is 5.52. The summed E-state index contributed by atoms with van der Waals surface area (Å²) in [7, 11) is 1.72.